The molecule has 3 aromatic rings. The van der Waals surface area contributed by atoms with Crippen molar-refractivity contribution in [3.8, 4) is 0 Å². The molecule has 0 aliphatic rings. The number of pyridine rings is 1. The predicted octanol–water partition coefficient (Wildman–Crippen LogP) is 5.04. The first-order valence-corrected chi connectivity index (χ1v) is 10.0. The Morgan fingerprint density at radius 3 is 2.37 bits per heavy atom. The fourth-order valence-corrected chi connectivity index (χ4v) is 3.86. The summed E-state index contributed by atoms with van der Waals surface area (Å²) in [6.07, 6.45) is -3.54. The summed E-state index contributed by atoms with van der Waals surface area (Å²) in [7, 11) is -2.32. The summed E-state index contributed by atoms with van der Waals surface area (Å²) in [6, 6.07) is 12.1. The number of carbonyl (C=O) groups excluding carboxylic acids is 1. The lowest BCUT2D eigenvalue weighted by atomic mass is 10.1. The number of anilines is 1. The number of hydrazine groups is 1. The minimum Gasteiger partial charge on any atom is -0.287 e. The molecule has 156 valence electrons. The molecule has 5 nitrogen and oxygen atoms in total. The molecule has 2 N–H and O–H groups in total. The van der Waals surface area contributed by atoms with Gasteiger partial charge in [-0.05, 0) is 24.3 Å². The molecule has 0 fully saturated rings. The maximum atomic E-state index is 13.1. The summed E-state index contributed by atoms with van der Waals surface area (Å²) in [6.45, 7) is 0. The second kappa shape index (κ2) is 8.73. The third kappa shape index (κ3) is 4.65. The van der Waals surface area contributed by atoms with Crippen LogP contribution in [-0.2, 0) is 17.2 Å². The monoisotopic (exact) mass is 473 g/mol. The van der Waals surface area contributed by atoms with Crippen LogP contribution in [0.1, 0.15) is 21.6 Å². The molecule has 0 spiro atoms. The first-order chi connectivity index (χ1) is 14.1. The number of rotatable bonds is 5. The van der Waals surface area contributed by atoms with Gasteiger partial charge in [-0.2, -0.15) is 13.2 Å². The van der Waals surface area contributed by atoms with Crippen LogP contribution < -0.4 is 10.3 Å². The summed E-state index contributed by atoms with van der Waals surface area (Å²) < 4.78 is 52.9. The molecular formula is C19H12Cl2F3N3O2S. The number of ketones is 1. The molecule has 3 rings (SSSR count). The van der Waals surface area contributed by atoms with Gasteiger partial charge in [0.05, 0.1) is 26.2 Å². The zero-order valence-electron chi connectivity index (χ0n) is 14.9. The van der Waals surface area contributed by atoms with E-state index in [0.29, 0.717) is 16.0 Å². The Bertz CT molecular complexity index is 1130. The van der Waals surface area contributed by atoms with Gasteiger partial charge in [0.25, 0.3) is 0 Å². The second-order valence-electron chi connectivity index (χ2n) is 5.93. The lowest BCUT2D eigenvalue weighted by molar-refractivity contribution is -0.137. The van der Waals surface area contributed by atoms with Crippen molar-refractivity contribution in [3.05, 3.63) is 87.7 Å². The van der Waals surface area contributed by atoms with E-state index >= 15 is 0 Å². The summed E-state index contributed by atoms with van der Waals surface area (Å²) in [4.78, 5) is 16.5. The van der Waals surface area contributed by atoms with Gasteiger partial charge >= 0.3 is 6.18 Å². The van der Waals surface area contributed by atoms with Crippen LogP contribution in [0.5, 0.6) is 0 Å². The fourth-order valence-electron chi connectivity index (χ4n) is 2.53. The van der Waals surface area contributed by atoms with Crippen molar-refractivity contribution in [3.63, 3.8) is 0 Å². The topological polar surface area (TPSA) is 76.3 Å². The van der Waals surface area contributed by atoms with Crippen molar-refractivity contribution < 1.29 is 22.2 Å². The smallest absolute Gasteiger partial charge is 0.287 e. The summed E-state index contributed by atoms with van der Waals surface area (Å²) in [5.41, 5.74) is -1.14. The van der Waals surface area contributed by atoms with E-state index in [9.17, 15) is 22.2 Å². The Hall–Kier alpha value is -2.46. The van der Waals surface area contributed by atoms with Crippen LogP contribution in [0.15, 0.2) is 65.7 Å². The normalized spacial score (nSPS) is 12.5. The van der Waals surface area contributed by atoms with Crippen LogP contribution in [0, 0.1) is 0 Å². The maximum absolute atomic E-state index is 13.1. The Kier molecular flexibility index (Phi) is 6.47. The van der Waals surface area contributed by atoms with Crippen LogP contribution in [0.2, 0.25) is 10.0 Å². The zero-order valence-corrected chi connectivity index (χ0v) is 17.2. The average Bonchev–Trinajstić information content (AvgIpc) is 2.72. The second-order valence-corrected chi connectivity index (χ2v) is 8.14. The van der Waals surface area contributed by atoms with Crippen LogP contribution in [-0.4, -0.2) is 15.0 Å². The third-order valence-electron chi connectivity index (χ3n) is 3.95. The van der Waals surface area contributed by atoms with E-state index in [-0.39, 0.29) is 21.3 Å². The molecule has 2 aromatic carbocycles. The number of nitrogens with two attached hydrogens (primary N) is 1. The molecule has 30 heavy (non-hydrogen) atoms. The van der Waals surface area contributed by atoms with Crippen molar-refractivity contribution in [1.29, 1.82) is 0 Å². The highest BCUT2D eigenvalue weighted by Gasteiger charge is 2.34. The van der Waals surface area contributed by atoms with Crippen LogP contribution >= 0.6 is 23.2 Å². The lowest BCUT2D eigenvalue weighted by Crippen LogP contribution is -2.34. The van der Waals surface area contributed by atoms with Gasteiger partial charge in [-0.15, -0.1) is 0 Å². The van der Waals surface area contributed by atoms with E-state index in [1.807, 2.05) is 0 Å². The van der Waals surface area contributed by atoms with Crippen molar-refractivity contribution in [2.45, 2.75) is 11.1 Å². The summed E-state index contributed by atoms with van der Waals surface area (Å²) in [5, 5.41) is -0.453. The standard InChI is InChI=1S/C19H12Cl2F3N3O2S/c20-12-8-16(17(26-10-12)18(28)11-4-2-1-3-5-11)27(25)30(29)13-6-7-15(21)14(9-13)19(22,23)24/h1-10H,25H2. The van der Waals surface area contributed by atoms with E-state index < -0.39 is 33.5 Å². The van der Waals surface area contributed by atoms with E-state index in [1.165, 1.54) is 12.3 Å². The number of nitrogens with zero attached hydrogens (tertiary/aromatic N) is 2. The highest BCUT2D eigenvalue weighted by Crippen LogP contribution is 2.36. The molecule has 0 bridgehead atoms. The van der Waals surface area contributed by atoms with Gasteiger partial charge in [0.2, 0.25) is 5.78 Å². The van der Waals surface area contributed by atoms with Crippen LogP contribution in [0.25, 0.3) is 0 Å². The van der Waals surface area contributed by atoms with Crippen molar-refractivity contribution in [1.82, 2.24) is 4.98 Å². The SMILES string of the molecule is NN(c1cc(Cl)cnc1C(=O)c1ccccc1)S(=O)c1ccc(Cl)c(C(F)(F)F)c1. The van der Waals surface area contributed by atoms with Crippen molar-refractivity contribution >= 4 is 45.7 Å². The molecule has 0 radical (unpaired) electrons. The molecule has 1 aromatic heterocycles. The number of hydrogen-bond donors (Lipinski definition) is 1. The number of benzene rings is 2. The molecule has 1 atom stereocenters. The minimum absolute atomic E-state index is 0.0918. The molecule has 11 heteroatoms. The summed E-state index contributed by atoms with van der Waals surface area (Å²) >= 11 is 11.5. The van der Waals surface area contributed by atoms with Gasteiger partial charge in [-0.1, -0.05) is 53.5 Å². The Labute approximate surface area is 181 Å². The van der Waals surface area contributed by atoms with Gasteiger partial charge in [0.15, 0.2) is 11.0 Å². The summed E-state index contributed by atoms with van der Waals surface area (Å²) in [5.74, 6) is 5.40. The first-order valence-electron chi connectivity index (χ1n) is 8.18. The van der Waals surface area contributed by atoms with Gasteiger partial charge in [-0.25, -0.2) is 19.4 Å². The average molecular weight is 474 g/mol. The minimum atomic E-state index is -4.75. The number of alkyl halides is 3. The number of hydrogen-bond acceptors (Lipinski definition) is 4. The number of carbonyl (C=O) groups is 1. The van der Waals surface area contributed by atoms with E-state index in [2.05, 4.69) is 4.98 Å². The highest BCUT2D eigenvalue weighted by atomic mass is 35.5. The van der Waals surface area contributed by atoms with Gasteiger partial charge in [-0.3, -0.25) is 4.79 Å². The molecule has 0 amide bonds. The third-order valence-corrected chi connectivity index (χ3v) is 5.69. The predicted molar refractivity (Wildman–Crippen MR) is 109 cm³/mol. The number of aromatic nitrogens is 1. The zero-order chi connectivity index (χ0) is 22.1. The van der Waals surface area contributed by atoms with Gasteiger partial charge in [0, 0.05) is 11.8 Å². The largest absolute Gasteiger partial charge is 0.417 e. The number of halogens is 5. The molecule has 0 aliphatic heterocycles. The molecular weight excluding hydrogens is 462 g/mol. The Morgan fingerprint density at radius 2 is 1.73 bits per heavy atom. The molecule has 0 saturated heterocycles. The Balaban J connectivity index is 2.03. The first kappa shape index (κ1) is 22.2. The quantitative estimate of drug-likeness (QED) is 0.319. The molecule has 0 saturated carbocycles. The van der Waals surface area contributed by atoms with Gasteiger partial charge in [0.1, 0.15) is 5.69 Å². The molecule has 1 heterocycles. The maximum Gasteiger partial charge on any atom is 0.417 e. The molecule has 0 aliphatic carbocycles. The van der Waals surface area contributed by atoms with E-state index in [0.717, 1.165) is 12.1 Å². The van der Waals surface area contributed by atoms with E-state index in [4.69, 9.17) is 29.0 Å². The Morgan fingerprint density at radius 1 is 1.07 bits per heavy atom. The lowest BCUT2D eigenvalue weighted by Gasteiger charge is -2.20. The highest BCUT2D eigenvalue weighted by molar-refractivity contribution is 7.86. The van der Waals surface area contributed by atoms with Gasteiger partial charge < -0.3 is 0 Å². The van der Waals surface area contributed by atoms with Crippen molar-refractivity contribution in [2.75, 3.05) is 4.41 Å². The van der Waals surface area contributed by atoms with Crippen LogP contribution in [0.3, 0.4) is 0 Å². The molecule has 1 unspecified atom stereocenters. The van der Waals surface area contributed by atoms with E-state index in [1.54, 1.807) is 30.3 Å². The van der Waals surface area contributed by atoms with Crippen molar-refractivity contribution in [2.24, 2.45) is 5.84 Å². The fraction of sp³-hybridized carbons (Fsp3) is 0.0526. The van der Waals surface area contributed by atoms with Crippen LogP contribution in [0.4, 0.5) is 18.9 Å².